The molecule has 0 saturated heterocycles. The van der Waals surface area contributed by atoms with Crippen LogP contribution in [0, 0.1) is 5.41 Å². The first-order valence-electron chi connectivity index (χ1n) is 9.17. The van der Waals surface area contributed by atoms with E-state index in [0.29, 0.717) is 6.42 Å². The van der Waals surface area contributed by atoms with Crippen LogP contribution in [0.3, 0.4) is 0 Å². The molecule has 0 saturated carbocycles. The lowest BCUT2D eigenvalue weighted by atomic mass is 9.83. The zero-order valence-electron chi connectivity index (χ0n) is 16.0. The molecule has 0 unspecified atom stereocenters. The van der Waals surface area contributed by atoms with Gasteiger partial charge in [0, 0.05) is 30.3 Å². The van der Waals surface area contributed by atoms with Crippen LogP contribution in [-0.2, 0) is 24.1 Å². The Bertz CT molecular complexity index is 658. The van der Waals surface area contributed by atoms with Crippen molar-refractivity contribution < 1.29 is 4.79 Å². The summed E-state index contributed by atoms with van der Waals surface area (Å²) in [6.07, 6.45) is 6.24. The molecule has 2 aromatic rings. The largest absolute Gasteiger partial charge is 0.349 e. The Morgan fingerprint density at radius 2 is 1.60 bits per heavy atom. The molecule has 0 aliphatic heterocycles. The van der Waals surface area contributed by atoms with Crippen LogP contribution in [0.4, 0.5) is 0 Å². The molecule has 0 spiro atoms. The van der Waals surface area contributed by atoms with Gasteiger partial charge in [-0.2, -0.15) is 0 Å². The van der Waals surface area contributed by atoms with Gasteiger partial charge in [0.05, 0.1) is 0 Å². The number of aryl methyl sites for hydroxylation is 3. The van der Waals surface area contributed by atoms with Crippen LogP contribution < -0.4 is 0 Å². The third kappa shape index (κ3) is 7.03. The lowest BCUT2D eigenvalue weighted by molar-refractivity contribution is -0.130. The molecule has 0 aliphatic carbocycles. The smallest absolute Gasteiger partial charge is 0.222 e. The van der Waals surface area contributed by atoms with Crippen molar-refractivity contribution in [2.24, 2.45) is 5.41 Å². The summed E-state index contributed by atoms with van der Waals surface area (Å²) in [6.45, 7) is 4.39. The average molecular weight is 358 g/mol. The first-order chi connectivity index (χ1) is 11.9. The summed E-state index contributed by atoms with van der Waals surface area (Å²) in [6, 6.07) is 15.3. The first kappa shape index (κ1) is 19.7. The minimum absolute atomic E-state index is 0.0544. The van der Waals surface area contributed by atoms with Gasteiger partial charge < -0.3 is 4.90 Å². The Morgan fingerprint density at radius 3 is 2.24 bits per heavy atom. The van der Waals surface area contributed by atoms with Crippen LogP contribution in [0.1, 0.15) is 48.4 Å². The number of rotatable bonds is 9. The van der Waals surface area contributed by atoms with E-state index in [1.54, 1.807) is 4.90 Å². The Balaban J connectivity index is 1.76. The summed E-state index contributed by atoms with van der Waals surface area (Å²) < 4.78 is 0. The van der Waals surface area contributed by atoms with Gasteiger partial charge in [-0.3, -0.25) is 4.79 Å². The Labute approximate surface area is 156 Å². The van der Waals surface area contributed by atoms with Crippen LogP contribution >= 0.6 is 11.3 Å². The standard InChI is InChI=1S/C22H31NOS/c1-22(2,17-21(24)23(3)4)16-15-20-14-13-19(25-20)12-8-11-18-9-6-5-7-10-18/h5-7,9-10,13-14H,8,11-12,15-17H2,1-4H3. The van der Waals surface area contributed by atoms with Gasteiger partial charge in [-0.05, 0) is 55.2 Å². The minimum Gasteiger partial charge on any atom is -0.349 e. The van der Waals surface area contributed by atoms with Gasteiger partial charge in [0.25, 0.3) is 0 Å². The summed E-state index contributed by atoms with van der Waals surface area (Å²) in [5, 5.41) is 0. The highest BCUT2D eigenvalue weighted by Crippen LogP contribution is 2.30. The highest BCUT2D eigenvalue weighted by Gasteiger charge is 2.23. The van der Waals surface area contributed by atoms with Gasteiger partial charge in [-0.1, -0.05) is 44.2 Å². The molecule has 1 heterocycles. The van der Waals surface area contributed by atoms with Crippen LogP contribution in [0.25, 0.3) is 0 Å². The fourth-order valence-corrected chi connectivity index (χ4v) is 3.98. The lowest BCUT2D eigenvalue weighted by Crippen LogP contribution is -2.28. The van der Waals surface area contributed by atoms with E-state index in [1.807, 2.05) is 25.4 Å². The molecule has 2 nitrogen and oxygen atoms in total. The van der Waals surface area contributed by atoms with E-state index in [0.717, 1.165) is 25.7 Å². The van der Waals surface area contributed by atoms with Gasteiger partial charge in [-0.25, -0.2) is 0 Å². The second-order valence-corrected chi connectivity index (χ2v) is 9.09. The SMILES string of the molecule is CN(C)C(=O)CC(C)(C)CCc1ccc(CCCc2ccccc2)s1. The summed E-state index contributed by atoms with van der Waals surface area (Å²) in [5.41, 5.74) is 1.48. The Morgan fingerprint density at radius 1 is 0.960 bits per heavy atom. The number of carbonyl (C=O) groups is 1. The molecular weight excluding hydrogens is 326 g/mol. The van der Waals surface area contributed by atoms with Crippen molar-refractivity contribution in [1.82, 2.24) is 4.90 Å². The zero-order chi connectivity index (χ0) is 18.3. The molecule has 1 aromatic carbocycles. The van der Waals surface area contributed by atoms with E-state index in [1.165, 1.54) is 21.7 Å². The number of nitrogens with zero attached hydrogens (tertiary/aromatic N) is 1. The fraction of sp³-hybridized carbons (Fsp3) is 0.500. The van der Waals surface area contributed by atoms with E-state index in [-0.39, 0.29) is 11.3 Å². The minimum atomic E-state index is 0.0544. The maximum absolute atomic E-state index is 11.9. The van der Waals surface area contributed by atoms with Crippen molar-refractivity contribution >= 4 is 17.2 Å². The van der Waals surface area contributed by atoms with Gasteiger partial charge >= 0.3 is 0 Å². The van der Waals surface area contributed by atoms with Crippen molar-refractivity contribution in [3.8, 4) is 0 Å². The highest BCUT2D eigenvalue weighted by atomic mass is 32.1. The van der Waals surface area contributed by atoms with Gasteiger partial charge in [0.15, 0.2) is 0 Å². The number of amides is 1. The molecule has 136 valence electrons. The topological polar surface area (TPSA) is 20.3 Å². The molecule has 0 radical (unpaired) electrons. The van der Waals surface area contributed by atoms with Crippen LogP contribution in [0.2, 0.25) is 0 Å². The predicted molar refractivity (Wildman–Crippen MR) is 108 cm³/mol. The second kappa shape index (κ2) is 9.19. The number of carbonyl (C=O) groups excluding carboxylic acids is 1. The molecule has 0 atom stereocenters. The molecule has 1 aromatic heterocycles. The highest BCUT2D eigenvalue weighted by molar-refractivity contribution is 7.11. The number of thiophene rings is 1. The summed E-state index contributed by atoms with van der Waals surface area (Å²) in [5.74, 6) is 0.220. The number of hydrogen-bond acceptors (Lipinski definition) is 2. The van der Waals surface area contributed by atoms with Gasteiger partial charge in [0.2, 0.25) is 5.91 Å². The van der Waals surface area contributed by atoms with Crippen molar-refractivity contribution in [2.45, 2.75) is 52.4 Å². The summed E-state index contributed by atoms with van der Waals surface area (Å²) in [4.78, 5) is 16.6. The van der Waals surface area contributed by atoms with Crippen molar-refractivity contribution in [3.05, 3.63) is 57.8 Å². The molecule has 0 bridgehead atoms. The maximum Gasteiger partial charge on any atom is 0.222 e. The van der Waals surface area contributed by atoms with Crippen molar-refractivity contribution in [2.75, 3.05) is 14.1 Å². The normalized spacial score (nSPS) is 11.5. The van der Waals surface area contributed by atoms with Crippen LogP contribution in [-0.4, -0.2) is 24.9 Å². The van der Waals surface area contributed by atoms with E-state index >= 15 is 0 Å². The molecule has 3 heteroatoms. The van der Waals surface area contributed by atoms with Crippen molar-refractivity contribution in [3.63, 3.8) is 0 Å². The first-order valence-corrected chi connectivity index (χ1v) is 9.99. The second-order valence-electron chi connectivity index (χ2n) is 7.84. The summed E-state index contributed by atoms with van der Waals surface area (Å²) in [7, 11) is 3.67. The predicted octanol–water partition coefficient (Wildman–Crippen LogP) is 5.36. The fourth-order valence-electron chi connectivity index (χ4n) is 2.92. The molecule has 1 amide bonds. The monoisotopic (exact) mass is 357 g/mol. The maximum atomic E-state index is 11.9. The van der Waals surface area contributed by atoms with Crippen molar-refractivity contribution in [1.29, 1.82) is 0 Å². The van der Waals surface area contributed by atoms with E-state index < -0.39 is 0 Å². The number of hydrogen-bond donors (Lipinski definition) is 0. The third-order valence-corrected chi connectivity index (χ3v) is 5.83. The quantitative estimate of drug-likeness (QED) is 0.591. The van der Waals surface area contributed by atoms with Crippen LogP contribution in [0.15, 0.2) is 42.5 Å². The molecule has 0 aliphatic rings. The molecule has 0 N–H and O–H groups in total. The van der Waals surface area contributed by atoms with Gasteiger partial charge in [-0.15, -0.1) is 11.3 Å². The Kier molecular flexibility index (Phi) is 7.24. The molecule has 25 heavy (non-hydrogen) atoms. The lowest BCUT2D eigenvalue weighted by Gasteiger charge is -2.25. The van der Waals surface area contributed by atoms with Crippen LogP contribution in [0.5, 0.6) is 0 Å². The number of benzene rings is 1. The molecule has 0 fully saturated rings. The third-order valence-electron chi connectivity index (χ3n) is 4.63. The van der Waals surface area contributed by atoms with E-state index in [2.05, 4.69) is 56.3 Å². The van der Waals surface area contributed by atoms with E-state index in [4.69, 9.17) is 0 Å². The zero-order valence-corrected chi connectivity index (χ0v) is 16.9. The Hall–Kier alpha value is -1.61. The molecular formula is C22H31NOS. The summed E-state index contributed by atoms with van der Waals surface area (Å²) >= 11 is 1.94. The molecule has 2 rings (SSSR count). The average Bonchev–Trinajstić information content (AvgIpc) is 3.01. The van der Waals surface area contributed by atoms with Gasteiger partial charge in [0.1, 0.15) is 0 Å². The van der Waals surface area contributed by atoms with E-state index in [9.17, 15) is 4.79 Å².